The van der Waals surface area contributed by atoms with Crippen LogP contribution in [-0.2, 0) is 0 Å². The summed E-state index contributed by atoms with van der Waals surface area (Å²) in [6.07, 6.45) is 2.27. The van der Waals surface area contributed by atoms with Gasteiger partial charge >= 0.3 is 0 Å². The number of allylic oxidation sites excluding steroid dienone is 1. The van der Waals surface area contributed by atoms with E-state index >= 15 is 0 Å². The summed E-state index contributed by atoms with van der Waals surface area (Å²) in [4.78, 5) is 0. The standard InChI is InChI=1S/C17H27BP/c1-14(13-15-11-9-8-10-12-15)19(18,16(2,3)4)17(5,6)7/h8-13H,1-7H3/b14-13+. The first kappa shape index (κ1) is 16.5. The number of hydrogen-bond donors (Lipinski definition) is 0. The van der Waals surface area contributed by atoms with Gasteiger partial charge in [-0.25, -0.2) is 7.14 Å². The maximum absolute atomic E-state index is 6.99. The van der Waals surface area contributed by atoms with Crippen molar-refractivity contribution in [2.24, 2.45) is 0 Å². The molecule has 0 saturated carbocycles. The molecule has 0 fully saturated rings. The van der Waals surface area contributed by atoms with E-state index in [1.165, 1.54) is 10.9 Å². The van der Waals surface area contributed by atoms with E-state index in [9.17, 15) is 0 Å². The molecular weight excluding hydrogens is 246 g/mol. The van der Waals surface area contributed by atoms with Crippen LogP contribution >= 0.6 is 7.14 Å². The van der Waals surface area contributed by atoms with Crippen molar-refractivity contribution in [1.29, 1.82) is 0 Å². The predicted octanol–water partition coefficient (Wildman–Crippen LogP) is 5.75. The normalized spacial score (nSPS) is 14.6. The first-order chi connectivity index (χ1) is 8.50. The third-order valence-corrected chi connectivity index (χ3v) is 9.32. The van der Waals surface area contributed by atoms with Gasteiger partial charge < -0.3 is 0 Å². The van der Waals surface area contributed by atoms with Gasteiger partial charge in [-0.15, -0.1) is 0 Å². The molecular formula is C17H27BP. The molecule has 0 atom stereocenters. The van der Waals surface area contributed by atoms with Crippen molar-refractivity contribution in [3.8, 4) is 0 Å². The van der Waals surface area contributed by atoms with Crippen LogP contribution in [0.25, 0.3) is 6.08 Å². The minimum absolute atomic E-state index is 0.112. The van der Waals surface area contributed by atoms with Crippen LogP contribution < -0.4 is 0 Å². The van der Waals surface area contributed by atoms with Crippen molar-refractivity contribution in [3.05, 3.63) is 41.2 Å². The topological polar surface area (TPSA) is 0 Å². The van der Waals surface area contributed by atoms with Crippen LogP contribution in [0.3, 0.4) is 0 Å². The monoisotopic (exact) mass is 273 g/mol. The summed E-state index contributed by atoms with van der Waals surface area (Å²) in [5.41, 5.74) is 1.24. The average molecular weight is 273 g/mol. The molecule has 0 saturated heterocycles. The first-order valence-corrected chi connectivity index (χ1v) is 8.78. The van der Waals surface area contributed by atoms with Crippen molar-refractivity contribution >= 4 is 20.8 Å². The quantitative estimate of drug-likeness (QED) is 0.475. The highest BCUT2D eigenvalue weighted by molar-refractivity contribution is 8.02. The van der Waals surface area contributed by atoms with Crippen LogP contribution in [-0.4, -0.2) is 17.9 Å². The fourth-order valence-electron chi connectivity index (χ4n) is 2.96. The van der Waals surface area contributed by atoms with Gasteiger partial charge in [-0.2, -0.15) is 0 Å². The Hall–Kier alpha value is -0.545. The minimum atomic E-state index is -1.73. The maximum atomic E-state index is 6.99. The van der Waals surface area contributed by atoms with E-state index in [4.69, 9.17) is 7.57 Å². The summed E-state index contributed by atoms with van der Waals surface area (Å²) in [7, 11) is 5.25. The fourth-order valence-corrected chi connectivity index (χ4v) is 7.44. The van der Waals surface area contributed by atoms with Crippen LogP contribution in [0.4, 0.5) is 0 Å². The van der Waals surface area contributed by atoms with E-state index in [2.05, 4.69) is 78.8 Å². The van der Waals surface area contributed by atoms with Gasteiger partial charge in [-0.1, -0.05) is 30.3 Å². The van der Waals surface area contributed by atoms with E-state index in [-0.39, 0.29) is 10.3 Å². The van der Waals surface area contributed by atoms with E-state index in [1.54, 1.807) is 0 Å². The zero-order chi connectivity index (χ0) is 14.9. The molecule has 1 aromatic rings. The molecule has 0 aliphatic heterocycles. The Labute approximate surface area is 121 Å². The molecule has 0 aliphatic carbocycles. The number of rotatable bonds is 2. The van der Waals surface area contributed by atoms with Crippen molar-refractivity contribution in [3.63, 3.8) is 0 Å². The highest BCUT2D eigenvalue weighted by atomic mass is 31.2. The molecule has 0 N–H and O–H groups in total. The molecule has 0 aliphatic rings. The minimum Gasteiger partial charge on any atom is -0.298 e. The highest BCUT2D eigenvalue weighted by Gasteiger charge is 2.44. The maximum Gasteiger partial charge on any atom is 0.0289 e. The summed E-state index contributed by atoms with van der Waals surface area (Å²) < 4.78 is 0. The van der Waals surface area contributed by atoms with Gasteiger partial charge in [0.25, 0.3) is 0 Å². The lowest BCUT2D eigenvalue weighted by Gasteiger charge is -2.57. The van der Waals surface area contributed by atoms with Gasteiger partial charge in [0.15, 0.2) is 0 Å². The molecule has 0 spiro atoms. The van der Waals surface area contributed by atoms with E-state index in [1.807, 2.05) is 6.07 Å². The summed E-state index contributed by atoms with van der Waals surface area (Å²) in [5, 5.41) is 1.57. The second-order valence-electron chi connectivity index (χ2n) is 7.26. The van der Waals surface area contributed by atoms with Gasteiger partial charge in [0.2, 0.25) is 0 Å². The molecule has 0 heterocycles. The lowest BCUT2D eigenvalue weighted by Crippen LogP contribution is -2.34. The molecule has 0 bridgehead atoms. The Morgan fingerprint density at radius 1 is 0.947 bits per heavy atom. The lowest BCUT2D eigenvalue weighted by atomic mass is 10.2. The Morgan fingerprint density at radius 2 is 1.37 bits per heavy atom. The molecule has 19 heavy (non-hydrogen) atoms. The van der Waals surface area contributed by atoms with Crippen molar-refractivity contribution in [1.82, 2.24) is 0 Å². The molecule has 103 valence electrons. The van der Waals surface area contributed by atoms with Gasteiger partial charge in [-0.3, -0.25) is 7.57 Å². The summed E-state index contributed by atoms with van der Waals surface area (Å²) >= 11 is 0. The van der Waals surface area contributed by atoms with Crippen molar-refractivity contribution < 1.29 is 0 Å². The molecule has 1 aromatic carbocycles. The lowest BCUT2D eigenvalue weighted by molar-refractivity contribution is 0.705. The van der Waals surface area contributed by atoms with Crippen molar-refractivity contribution in [2.45, 2.75) is 58.8 Å². The Morgan fingerprint density at radius 3 is 1.74 bits per heavy atom. The summed E-state index contributed by atoms with van der Waals surface area (Å²) in [6.45, 7) is 15.8. The number of benzene rings is 1. The summed E-state index contributed by atoms with van der Waals surface area (Å²) in [5.74, 6) is 0. The first-order valence-electron chi connectivity index (χ1n) is 6.92. The molecule has 3 radical (unpaired) electrons. The van der Waals surface area contributed by atoms with Crippen LogP contribution in [0.1, 0.15) is 54.0 Å². The smallest absolute Gasteiger partial charge is 0.0289 e. The largest absolute Gasteiger partial charge is 0.298 e. The fraction of sp³-hybridized carbons (Fsp3) is 0.529. The van der Waals surface area contributed by atoms with Crippen LogP contribution in [0, 0.1) is 0 Å². The molecule has 1 rings (SSSR count). The van der Waals surface area contributed by atoms with Gasteiger partial charge in [0.1, 0.15) is 0 Å². The highest BCUT2D eigenvalue weighted by Crippen LogP contribution is 2.78. The van der Waals surface area contributed by atoms with E-state index < -0.39 is 7.14 Å². The Kier molecular flexibility index (Phi) is 4.73. The average Bonchev–Trinajstić information content (AvgIpc) is 2.26. The molecule has 2 heteroatoms. The molecule has 0 nitrogen and oxygen atoms in total. The molecule has 0 amide bonds. The Bertz CT molecular complexity index is 432. The molecule has 0 unspecified atom stereocenters. The van der Waals surface area contributed by atoms with Crippen LogP contribution in [0.5, 0.6) is 0 Å². The van der Waals surface area contributed by atoms with E-state index in [0.29, 0.717) is 0 Å². The second kappa shape index (κ2) is 5.45. The van der Waals surface area contributed by atoms with Crippen LogP contribution in [0.15, 0.2) is 35.6 Å². The number of hydrogen-bond acceptors (Lipinski definition) is 0. The van der Waals surface area contributed by atoms with Gasteiger partial charge in [0.05, 0.1) is 0 Å². The second-order valence-corrected chi connectivity index (χ2v) is 12.1. The zero-order valence-electron chi connectivity index (χ0n) is 13.5. The SMILES string of the molecule is [B-][P+](/C(C)=C/c1ccccc1)(C(C)(C)C)C(C)(C)C. The third-order valence-electron chi connectivity index (χ3n) is 3.85. The Balaban J connectivity index is 3.32. The third kappa shape index (κ3) is 3.32. The zero-order valence-corrected chi connectivity index (χ0v) is 14.4. The summed E-state index contributed by atoms with van der Waals surface area (Å²) in [6, 6.07) is 10.5. The predicted molar refractivity (Wildman–Crippen MR) is 92.3 cm³/mol. The van der Waals surface area contributed by atoms with Gasteiger partial charge in [0, 0.05) is 15.6 Å². The van der Waals surface area contributed by atoms with Crippen molar-refractivity contribution in [2.75, 3.05) is 0 Å². The van der Waals surface area contributed by atoms with Crippen LogP contribution in [0.2, 0.25) is 0 Å². The van der Waals surface area contributed by atoms with Gasteiger partial charge in [-0.05, 0) is 60.1 Å². The van der Waals surface area contributed by atoms with E-state index in [0.717, 1.165) is 0 Å². The molecule has 0 aromatic heterocycles.